The molecular weight excluding hydrogens is 259 g/mol. The summed E-state index contributed by atoms with van der Waals surface area (Å²) in [5, 5.41) is 3.32. The van der Waals surface area contributed by atoms with Gasteiger partial charge in [-0.15, -0.1) is 0 Å². The first-order valence-electron chi connectivity index (χ1n) is 7.03. The van der Waals surface area contributed by atoms with E-state index in [0.717, 1.165) is 31.7 Å². The molecule has 0 spiro atoms. The Bertz CT molecular complexity index is 422. The Labute approximate surface area is 119 Å². The topological polar surface area (TPSA) is 33.7 Å². The van der Waals surface area contributed by atoms with E-state index in [1.807, 2.05) is 18.2 Å². The van der Waals surface area contributed by atoms with E-state index in [4.69, 9.17) is 9.47 Å². The third-order valence-electron chi connectivity index (χ3n) is 3.77. The standard InChI is InChI=1S/C15H23FN2O2/c1-19-14-5-3-4-12(15(14)20-2)13(6-7-16)18-10-8-17-9-11-18/h3-5,13,17H,6-11H2,1-2H3/t13-/m0/s1. The summed E-state index contributed by atoms with van der Waals surface area (Å²) < 4.78 is 23.8. The Hall–Kier alpha value is -1.33. The predicted molar refractivity (Wildman–Crippen MR) is 77.3 cm³/mol. The van der Waals surface area contributed by atoms with Crippen LogP contribution >= 0.6 is 0 Å². The van der Waals surface area contributed by atoms with E-state index in [1.165, 1.54) is 0 Å². The number of rotatable bonds is 6. The number of piperazine rings is 1. The normalized spacial score (nSPS) is 17.8. The summed E-state index contributed by atoms with van der Waals surface area (Å²) in [6, 6.07) is 5.84. The predicted octanol–water partition coefficient (Wildman–Crippen LogP) is 2.01. The van der Waals surface area contributed by atoms with E-state index in [-0.39, 0.29) is 12.7 Å². The van der Waals surface area contributed by atoms with Crippen molar-refractivity contribution in [3.8, 4) is 11.5 Å². The van der Waals surface area contributed by atoms with E-state index in [0.29, 0.717) is 17.9 Å². The molecule has 1 saturated heterocycles. The lowest BCUT2D eigenvalue weighted by atomic mass is 10.00. The van der Waals surface area contributed by atoms with Crippen molar-refractivity contribution in [1.29, 1.82) is 0 Å². The zero-order valence-electron chi connectivity index (χ0n) is 12.2. The highest BCUT2D eigenvalue weighted by atomic mass is 19.1. The largest absolute Gasteiger partial charge is 0.493 e. The molecule has 4 nitrogen and oxygen atoms in total. The number of halogens is 1. The number of para-hydroxylation sites is 1. The van der Waals surface area contributed by atoms with Crippen LogP contribution in [0.25, 0.3) is 0 Å². The zero-order chi connectivity index (χ0) is 14.4. The molecule has 0 amide bonds. The van der Waals surface area contributed by atoms with E-state index < -0.39 is 0 Å². The Morgan fingerprint density at radius 3 is 2.60 bits per heavy atom. The van der Waals surface area contributed by atoms with Gasteiger partial charge in [-0.3, -0.25) is 9.29 Å². The maximum Gasteiger partial charge on any atom is 0.165 e. The fraction of sp³-hybridized carbons (Fsp3) is 0.600. The van der Waals surface area contributed by atoms with Crippen LogP contribution in [0.1, 0.15) is 18.0 Å². The van der Waals surface area contributed by atoms with Crippen molar-refractivity contribution >= 4 is 0 Å². The van der Waals surface area contributed by atoms with Crippen LogP contribution in [0.5, 0.6) is 11.5 Å². The van der Waals surface area contributed by atoms with Crippen LogP contribution in [0.2, 0.25) is 0 Å². The molecule has 0 aromatic heterocycles. The maximum atomic E-state index is 13.0. The molecule has 112 valence electrons. The van der Waals surface area contributed by atoms with Gasteiger partial charge in [-0.25, -0.2) is 0 Å². The SMILES string of the molecule is COc1cccc([C@H](CCF)N2CCNCC2)c1OC. The molecule has 2 rings (SSSR count). The molecule has 1 N–H and O–H groups in total. The molecule has 1 atom stereocenters. The Kier molecular flexibility index (Phi) is 5.61. The average molecular weight is 282 g/mol. The first kappa shape index (κ1) is 15.1. The van der Waals surface area contributed by atoms with Gasteiger partial charge in [0.05, 0.1) is 20.9 Å². The van der Waals surface area contributed by atoms with Gasteiger partial charge < -0.3 is 14.8 Å². The first-order chi connectivity index (χ1) is 9.81. The maximum absolute atomic E-state index is 13.0. The first-order valence-corrected chi connectivity index (χ1v) is 7.03. The Morgan fingerprint density at radius 2 is 2.00 bits per heavy atom. The van der Waals surface area contributed by atoms with Crippen molar-refractivity contribution < 1.29 is 13.9 Å². The molecule has 1 heterocycles. The average Bonchev–Trinajstić information content (AvgIpc) is 2.52. The number of methoxy groups -OCH3 is 2. The summed E-state index contributed by atoms with van der Waals surface area (Å²) in [6.07, 6.45) is 0.476. The molecule has 0 aliphatic carbocycles. The molecule has 1 aliphatic heterocycles. The van der Waals surface area contributed by atoms with Crippen LogP contribution in [-0.2, 0) is 0 Å². The number of nitrogens with zero attached hydrogens (tertiary/aromatic N) is 1. The third-order valence-corrected chi connectivity index (χ3v) is 3.77. The summed E-state index contributed by atoms with van der Waals surface area (Å²) in [4.78, 5) is 2.31. The molecule has 0 unspecified atom stereocenters. The van der Waals surface area contributed by atoms with Gasteiger partial charge >= 0.3 is 0 Å². The summed E-state index contributed by atoms with van der Waals surface area (Å²) in [6.45, 7) is 3.38. The van der Waals surface area contributed by atoms with Gasteiger partial charge in [-0.1, -0.05) is 12.1 Å². The van der Waals surface area contributed by atoms with E-state index in [1.54, 1.807) is 14.2 Å². The van der Waals surface area contributed by atoms with Crippen molar-refractivity contribution in [1.82, 2.24) is 10.2 Å². The van der Waals surface area contributed by atoms with Gasteiger partial charge in [0.1, 0.15) is 0 Å². The summed E-state index contributed by atoms with van der Waals surface area (Å²) >= 11 is 0. The van der Waals surface area contributed by atoms with Crippen molar-refractivity contribution in [3.63, 3.8) is 0 Å². The van der Waals surface area contributed by atoms with Crippen molar-refractivity contribution in [2.24, 2.45) is 0 Å². The van der Waals surface area contributed by atoms with Crippen LogP contribution in [0.15, 0.2) is 18.2 Å². The highest BCUT2D eigenvalue weighted by molar-refractivity contribution is 5.48. The van der Waals surface area contributed by atoms with E-state index in [2.05, 4.69) is 10.2 Å². The Balaban J connectivity index is 2.32. The fourth-order valence-electron chi connectivity index (χ4n) is 2.81. The van der Waals surface area contributed by atoms with E-state index in [9.17, 15) is 4.39 Å². The number of hydrogen-bond acceptors (Lipinski definition) is 4. The van der Waals surface area contributed by atoms with Crippen LogP contribution in [0.3, 0.4) is 0 Å². The van der Waals surface area contributed by atoms with Crippen molar-refractivity contribution in [2.75, 3.05) is 47.1 Å². The van der Waals surface area contributed by atoms with E-state index >= 15 is 0 Å². The second-order valence-electron chi connectivity index (χ2n) is 4.86. The number of benzene rings is 1. The number of hydrogen-bond donors (Lipinski definition) is 1. The molecule has 0 saturated carbocycles. The molecule has 1 aliphatic rings. The monoisotopic (exact) mass is 282 g/mol. The molecule has 0 radical (unpaired) electrons. The lowest BCUT2D eigenvalue weighted by Gasteiger charge is -2.35. The third kappa shape index (κ3) is 3.22. The molecule has 5 heteroatoms. The number of alkyl halides is 1. The van der Waals surface area contributed by atoms with Crippen LogP contribution in [0.4, 0.5) is 4.39 Å². The van der Waals surface area contributed by atoms with Crippen molar-refractivity contribution in [2.45, 2.75) is 12.5 Å². The molecular formula is C15H23FN2O2. The van der Waals surface area contributed by atoms with Gasteiger partial charge in [0.15, 0.2) is 11.5 Å². The molecule has 20 heavy (non-hydrogen) atoms. The Morgan fingerprint density at radius 1 is 1.25 bits per heavy atom. The second-order valence-corrected chi connectivity index (χ2v) is 4.86. The van der Waals surface area contributed by atoms with Gasteiger partial charge in [0, 0.05) is 37.8 Å². The smallest absolute Gasteiger partial charge is 0.165 e. The van der Waals surface area contributed by atoms with Gasteiger partial charge in [-0.05, 0) is 12.5 Å². The fourth-order valence-corrected chi connectivity index (χ4v) is 2.81. The minimum Gasteiger partial charge on any atom is -0.493 e. The van der Waals surface area contributed by atoms with Crippen LogP contribution in [0, 0.1) is 0 Å². The van der Waals surface area contributed by atoms with Gasteiger partial charge in [0.25, 0.3) is 0 Å². The summed E-state index contributed by atoms with van der Waals surface area (Å²) in [5.41, 5.74) is 1.01. The van der Waals surface area contributed by atoms with Gasteiger partial charge in [0.2, 0.25) is 0 Å². The summed E-state index contributed by atoms with van der Waals surface area (Å²) in [7, 11) is 3.25. The number of ether oxygens (including phenoxy) is 2. The van der Waals surface area contributed by atoms with Crippen LogP contribution in [-0.4, -0.2) is 52.0 Å². The highest BCUT2D eigenvalue weighted by Crippen LogP contribution is 2.38. The quantitative estimate of drug-likeness (QED) is 0.865. The molecule has 1 fully saturated rings. The minimum atomic E-state index is -0.338. The van der Waals surface area contributed by atoms with Crippen LogP contribution < -0.4 is 14.8 Å². The number of nitrogens with one attached hydrogen (secondary N) is 1. The highest BCUT2D eigenvalue weighted by Gasteiger charge is 2.26. The lowest BCUT2D eigenvalue weighted by molar-refractivity contribution is 0.154. The minimum absolute atomic E-state index is 0.0344. The molecule has 1 aromatic rings. The lowest BCUT2D eigenvalue weighted by Crippen LogP contribution is -2.45. The summed E-state index contributed by atoms with van der Waals surface area (Å²) in [5.74, 6) is 1.41. The van der Waals surface area contributed by atoms with Gasteiger partial charge in [-0.2, -0.15) is 0 Å². The molecule has 0 bridgehead atoms. The zero-order valence-corrected chi connectivity index (χ0v) is 12.2. The second kappa shape index (κ2) is 7.45. The molecule has 1 aromatic carbocycles. The van der Waals surface area contributed by atoms with Crippen molar-refractivity contribution in [3.05, 3.63) is 23.8 Å².